The average Bonchev–Trinajstić information content (AvgIpc) is 1.93. The zero-order chi connectivity index (χ0) is 8.27. The van der Waals surface area contributed by atoms with Gasteiger partial charge in [-0.05, 0) is 0 Å². The Balaban J connectivity index is 2.86. The maximum Gasteiger partial charge on any atom is 0.410 e. The minimum atomic E-state index is -1.22. The highest BCUT2D eigenvalue weighted by molar-refractivity contribution is 6.32. The lowest BCUT2D eigenvalue weighted by Gasteiger charge is -1.98. The molecular weight excluding hydrogens is 170 g/mol. The molecule has 0 spiro atoms. The van der Waals surface area contributed by atoms with E-state index in [0.29, 0.717) is 0 Å². The molecule has 11 heavy (non-hydrogen) atoms. The number of rotatable bonds is 1. The number of aromatic nitrogens is 2. The van der Waals surface area contributed by atoms with Gasteiger partial charge in [0.15, 0.2) is 11.0 Å². The van der Waals surface area contributed by atoms with Crippen molar-refractivity contribution < 1.29 is 9.90 Å². The highest BCUT2D eigenvalue weighted by Crippen LogP contribution is 2.13. The Labute approximate surface area is 67.0 Å². The molecule has 0 bridgehead atoms. The number of nitrogens with one attached hydrogen (secondary N) is 1. The molecule has 0 radical (unpaired) electrons. The third-order valence-corrected chi connectivity index (χ3v) is 1.16. The van der Waals surface area contributed by atoms with Gasteiger partial charge in [0.05, 0.1) is 0 Å². The van der Waals surface area contributed by atoms with Gasteiger partial charge in [-0.1, -0.05) is 11.6 Å². The van der Waals surface area contributed by atoms with Crippen LogP contribution in [0.25, 0.3) is 0 Å². The van der Waals surface area contributed by atoms with E-state index >= 15 is 0 Å². The van der Waals surface area contributed by atoms with E-state index < -0.39 is 6.09 Å². The van der Waals surface area contributed by atoms with Gasteiger partial charge in [-0.15, -0.1) is 0 Å². The van der Waals surface area contributed by atoms with E-state index in [0.717, 1.165) is 0 Å². The highest BCUT2D eigenvalue weighted by Gasteiger charge is 2.03. The first kappa shape index (κ1) is 7.74. The van der Waals surface area contributed by atoms with Crippen LogP contribution in [0.5, 0.6) is 0 Å². The van der Waals surface area contributed by atoms with E-state index in [-0.39, 0.29) is 11.0 Å². The van der Waals surface area contributed by atoms with Crippen LogP contribution in [0.3, 0.4) is 0 Å². The molecule has 0 unspecified atom stereocenters. The quantitative estimate of drug-likeness (QED) is 0.670. The molecule has 0 fully saturated rings. The monoisotopic (exact) mass is 173 g/mol. The highest BCUT2D eigenvalue weighted by atomic mass is 35.5. The van der Waals surface area contributed by atoms with E-state index in [2.05, 4.69) is 9.97 Å². The molecule has 0 aliphatic rings. The summed E-state index contributed by atoms with van der Waals surface area (Å²) in [5.74, 6) is 0.0432. The molecule has 6 heteroatoms. The van der Waals surface area contributed by atoms with Crippen molar-refractivity contribution in [3.05, 3.63) is 17.5 Å². The number of carbonyl (C=O) groups is 1. The molecule has 5 nitrogen and oxygen atoms in total. The zero-order valence-corrected chi connectivity index (χ0v) is 6.04. The Morgan fingerprint density at radius 2 is 2.18 bits per heavy atom. The summed E-state index contributed by atoms with van der Waals surface area (Å²) in [7, 11) is 0. The predicted molar refractivity (Wildman–Crippen MR) is 38.7 cm³/mol. The smallest absolute Gasteiger partial charge is 0.410 e. The van der Waals surface area contributed by atoms with Crippen LogP contribution in [0.2, 0.25) is 5.15 Å². The van der Waals surface area contributed by atoms with Crippen LogP contribution in [-0.4, -0.2) is 21.2 Å². The lowest BCUT2D eigenvalue weighted by molar-refractivity contribution is 0.209. The van der Waals surface area contributed by atoms with Gasteiger partial charge in [-0.25, -0.2) is 14.8 Å². The van der Waals surface area contributed by atoms with Gasteiger partial charge in [0, 0.05) is 12.4 Å². The van der Waals surface area contributed by atoms with Gasteiger partial charge in [0.25, 0.3) is 0 Å². The minimum Gasteiger partial charge on any atom is -0.465 e. The fourth-order valence-electron chi connectivity index (χ4n) is 0.506. The van der Waals surface area contributed by atoms with Crippen LogP contribution in [0.4, 0.5) is 10.6 Å². The maximum atomic E-state index is 10.1. The topological polar surface area (TPSA) is 75.1 Å². The van der Waals surface area contributed by atoms with Crippen molar-refractivity contribution in [3.8, 4) is 0 Å². The fourth-order valence-corrected chi connectivity index (χ4v) is 0.659. The van der Waals surface area contributed by atoms with E-state index in [1.165, 1.54) is 12.4 Å². The first-order valence-electron chi connectivity index (χ1n) is 2.66. The lowest BCUT2D eigenvalue weighted by Crippen LogP contribution is -2.09. The second-order valence-electron chi connectivity index (χ2n) is 1.63. The van der Waals surface area contributed by atoms with Crippen molar-refractivity contribution in [2.45, 2.75) is 0 Å². The number of hydrogen-bond donors (Lipinski definition) is 2. The summed E-state index contributed by atoms with van der Waals surface area (Å²) in [5.41, 5.74) is 0. The average molecular weight is 174 g/mol. The molecular formula is C5H4ClN3O2. The van der Waals surface area contributed by atoms with Crippen molar-refractivity contribution in [2.75, 3.05) is 5.32 Å². The maximum absolute atomic E-state index is 10.1. The van der Waals surface area contributed by atoms with Crippen LogP contribution in [-0.2, 0) is 0 Å². The van der Waals surface area contributed by atoms with Crippen LogP contribution < -0.4 is 5.32 Å². The molecule has 1 heterocycles. The van der Waals surface area contributed by atoms with Crippen LogP contribution in [0.15, 0.2) is 12.4 Å². The molecule has 2 N–H and O–H groups in total. The summed E-state index contributed by atoms with van der Waals surface area (Å²) in [6.45, 7) is 0. The Bertz CT molecular complexity index is 278. The van der Waals surface area contributed by atoms with E-state index in [4.69, 9.17) is 16.7 Å². The number of nitrogens with zero attached hydrogens (tertiary/aromatic N) is 2. The molecule has 58 valence electrons. The third-order valence-electron chi connectivity index (χ3n) is 0.879. The molecule has 1 aromatic heterocycles. The van der Waals surface area contributed by atoms with Gasteiger partial charge >= 0.3 is 6.09 Å². The number of hydrogen-bond acceptors (Lipinski definition) is 3. The van der Waals surface area contributed by atoms with E-state index in [1.807, 2.05) is 5.32 Å². The number of anilines is 1. The molecule has 1 aromatic rings. The second kappa shape index (κ2) is 3.16. The molecule has 1 amide bonds. The first-order valence-corrected chi connectivity index (χ1v) is 3.04. The van der Waals surface area contributed by atoms with Gasteiger partial charge in [0.1, 0.15) is 0 Å². The number of carboxylic acid groups (broad SMARTS) is 1. The summed E-state index contributed by atoms with van der Waals surface area (Å²) in [4.78, 5) is 17.3. The first-order chi connectivity index (χ1) is 5.20. The predicted octanol–water partition coefficient (Wildman–Crippen LogP) is 1.22. The van der Waals surface area contributed by atoms with Crippen molar-refractivity contribution in [3.63, 3.8) is 0 Å². The standard InChI is InChI=1S/C5H4ClN3O2/c6-3-4(9-5(10)11)8-2-1-7-3/h1-2H,(H,8,9)(H,10,11). The van der Waals surface area contributed by atoms with Gasteiger partial charge in [-0.2, -0.15) is 0 Å². The van der Waals surface area contributed by atoms with Crippen LogP contribution >= 0.6 is 11.6 Å². The normalized spacial score (nSPS) is 9.18. The Kier molecular flexibility index (Phi) is 2.22. The summed E-state index contributed by atoms with van der Waals surface area (Å²) < 4.78 is 0. The molecule has 0 aromatic carbocycles. The molecule has 0 saturated heterocycles. The second-order valence-corrected chi connectivity index (χ2v) is 1.98. The Morgan fingerprint density at radius 1 is 1.55 bits per heavy atom. The molecule has 0 aliphatic heterocycles. The third kappa shape index (κ3) is 2.05. The Hall–Kier alpha value is -1.36. The minimum absolute atomic E-state index is 0.0369. The molecule has 0 atom stereocenters. The zero-order valence-electron chi connectivity index (χ0n) is 5.28. The molecule has 1 rings (SSSR count). The number of amides is 1. The van der Waals surface area contributed by atoms with E-state index in [1.54, 1.807) is 0 Å². The Morgan fingerprint density at radius 3 is 2.73 bits per heavy atom. The summed E-state index contributed by atoms with van der Waals surface area (Å²) in [6, 6.07) is 0. The van der Waals surface area contributed by atoms with Crippen molar-refractivity contribution in [2.24, 2.45) is 0 Å². The molecule has 0 saturated carbocycles. The van der Waals surface area contributed by atoms with Gasteiger partial charge in [0.2, 0.25) is 0 Å². The summed E-state index contributed by atoms with van der Waals surface area (Å²) in [6.07, 6.45) is 1.50. The molecule has 0 aliphatic carbocycles. The van der Waals surface area contributed by atoms with Crippen molar-refractivity contribution >= 4 is 23.5 Å². The summed E-state index contributed by atoms with van der Waals surface area (Å²) in [5, 5.41) is 10.3. The summed E-state index contributed by atoms with van der Waals surface area (Å²) >= 11 is 5.47. The fraction of sp³-hybridized carbons (Fsp3) is 0. The van der Waals surface area contributed by atoms with Crippen molar-refractivity contribution in [1.82, 2.24) is 9.97 Å². The van der Waals surface area contributed by atoms with Gasteiger partial charge < -0.3 is 5.11 Å². The van der Waals surface area contributed by atoms with Crippen LogP contribution in [0.1, 0.15) is 0 Å². The lowest BCUT2D eigenvalue weighted by atomic mass is 10.6. The van der Waals surface area contributed by atoms with Gasteiger partial charge in [-0.3, -0.25) is 5.32 Å². The van der Waals surface area contributed by atoms with E-state index in [9.17, 15) is 4.79 Å². The van der Waals surface area contributed by atoms with Crippen molar-refractivity contribution in [1.29, 1.82) is 0 Å². The largest absolute Gasteiger partial charge is 0.465 e. The number of halogens is 1. The van der Waals surface area contributed by atoms with Crippen LogP contribution in [0, 0.1) is 0 Å². The SMILES string of the molecule is O=C(O)Nc1nccnc1Cl.